The van der Waals surface area contributed by atoms with Gasteiger partial charge in [0, 0.05) is 5.39 Å². The lowest BCUT2D eigenvalue weighted by molar-refractivity contribution is -0.114. The number of amides is 1. The second-order valence-corrected chi connectivity index (χ2v) is 8.82. The van der Waals surface area contributed by atoms with Crippen LogP contribution in [0.1, 0.15) is 10.4 Å². The standard InChI is InChI=1S/C21H19ClN2O5S/c1-29-21(26)15-10-11-17(22)18(12-15)23-20(25)13-24(30(2,27)28)19-9-5-7-14-6-3-4-8-16(14)19/h3-12H,13H2,1-2H3,(H,23,25). The van der Waals surface area contributed by atoms with E-state index in [2.05, 4.69) is 10.1 Å². The number of benzene rings is 3. The molecule has 1 N–H and O–H groups in total. The summed E-state index contributed by atoms with van der Waals surface area (Å²) < 4.78 is 30.6. The normalized spacial score (nSPS) is 11.2. The predicted octanol–water partition coefficient (Wildman–Crippen LogP) is 3.68. The SMILES string of the molecule is COC(=O)c1ccc(Cl)c(NC(=O)CN(c2cccc3ccccc23)S(C)(=O)=O)c1. The molecule has 30 heavy (non-hydrogen) atoms. The van der Waals surface area contributed by atoms with E-state index in [9.17, 15) is 18.0 Å². The molecule has 7 nitrogen and oxygen atoms in total. The number of ether oxygens (including phenoxy) is 1. The van der Waals surface area contributed by atoms with Crippen LogP contribution in [0.25, 0.3) is 10.8 Å². The first kappa shape index (κ1) is 21.6. The maximum atomic E-state index is 12.7. The molecule has 0 heterocycles. The van der Waals surface area contributed by atoms with Crippen LogP contribution in [0, 0.1) is 0 Å². The zero-order chi connectivity index (χ0) is 21.9. The van der Waals surface area contributed by atoms with Crippen molar-refractivity contribution in [2.45, 2.75) is 0 Å². The molecule has 156 valence electrons. The molecule has 0 bridgehead atoms. The van der Waals surface area contributed by atoms with Crippen LogP contribution >= 0.6 is 11.6 Å². The van der Waals surface area contributed by atoms with E-state index >= 15 is 0 Å². The van der Waals surface area contributed by atoms with Crippen LogP contribution in [0.4, 0.5) is 11.4 Å². The molecule has 0 saturated heterocycles. The van der Waals surface area contributed by atoms with Crippen molar-refractivity contribution in [1.29, 1.82) is 0 Å². The van der Waals surface area contributed by atoms with Crippen LogP contribution in [0.3, 0.4) is 0 Å². The molecule has 0 saturated carbocycles. The van der Waals surface area contributed by atoms with Crippen molar-refractivity contribution in [1.82, 2.24) is 0 Å². The number of anilines is 2. The summed E-state index contributed by atoms with van der Waals surface area (Å²) in [6.07, 6.45) is 1.03. The van der Waals surface area contributed by atoms with E-state index in [0.717, 1.165) is 15.9 Å². The summed E-state index contributed by atoms with van der Waals surface area (Å²) in [5.74, 6) is -1.20. The highest BCUT2D eigenvalue weighted by Crippen LogP contribution is 2.29. The Morgan fingerprint density at radius 1 is 1.07 bits per heavy atom. The Labute approximate surface area is 179 Å². The fraction of sp³-hybridized carbons (Fsp3) is 0.143. The van der Waals surface area contributed by atoms with Crippen molar-refractivity contribution in [2.24, 2.45) is 0 Å². The van der Waals surface area contributed by atoms with Gasteiger partial charge in [0.25, 0.3) is 0 Å². The molecule has 1 amide bonds. The average molecular weight is 447 g/mol. The molecule has 0 spiro atoms. The topological polar surface area (TPSA) is 92.8 Å². The second kappa shape index (κ2) is 8.73. The molecular weight excluding hydrogens is 428 g/mol. The number of fused-ring (bicyclic) bond motifs is 1. The number of nitrogens with zero attached hydrogens (tertiary/aromatic N) is 1. The lowest BCUT2D eigenvalue weighted by Crippen LogP contribution is -2.37. The minimum atomic E-state index is -3.77. The van der Waals surface area contributed by atoms with Crippen LogP contribution in [0.15, 0.2) is 60.7 Å². The van der Waals surface area contributed by atoms with E-state index in [-0.39, 0.29) is 16.3 Å². The third kappa shape index (κ3) is 4.72. The number of halogens is 1. The van der Waals surface area contributed by atoms with Gasteiger partial charge >= 0.3 is 5.97 Å². The van der Waals surface area contributed by atoms with Gasteiger partial charge in [0.05, 0.1) is 35.3 Å². The Hall–Kier alpha value is -3.10. The van der Waals surface area contributed by atoms with Crippen LogP contribution in [0.2, 0.25) is 5.02 Å². The zero-order valence-corrected chi connectivity index (χ0v) is 17.8. The molecule has 3 rings (SSSR count). The quantitative estimate of drug-likeness (QED) is 0.583. The predicted molar refractivity (Wildman–Crippen MR) is 118 cm³/mol. The Morgan fingerprint density at radius 3 is 2.47 bits per heavy atom. The summed E-state index contributed by atoms with van der Waals surface area (Å²) in [5, 5.41) is 4.31. The molecule has 9 heteroatoms. The fourth-order valence-corrected chi connectivity index (χ4v) is 4.03. The smallest absolute Gasteiger partial charge is 0.337 e. The van der Waals surface area contributed by atoms with Crippen molar-refractivity contribution in [3.8, 4) is 0 Å². The number of methoxy groups -OCH3 is 1. The molecule has 0 fully saturated rings. The zero-order valence-electron chi connectivity index (χ0n) is 16.3. The summed E-state index contributed by atoms with van der Waals surface area (Å²) in [6, 6.07) is 16.8. The summed E-state index contributed by atoms with van der Waals surface area (Å²) in [5.41, 5.74) is 0.766. The summed E-state index contributed by atoms with van der Waals surface area (Å²) in [7, 11) is -2.53. The van der Waals surface area contributed by atoms with E-state index < -0.39 is 28.4 Å². The van der Waals surface area contributed by atoms with E-state index in [1.54, 1.807) is 24.3 Å². The average Bonchev–Trinajstić information content (AvgIpc) is 2.72. The second-order valence-electron chi connectivity index (χ2n) is 6.50. The molecule has 3 aromatic rings. The van der Waals surface area contributed by atoms with Gasteiger partial charge in [0.15, 0.2) is 0 Å². The highest BCUT2D eigenvalue weighted by atomic mass is 35.5. The number of carbonyl (C=O) groups is 2. The first-order valence-electron chi connectivity index (χ1n) is 8.84. The molecular formula is C21H19ClN2O5S. The highest BCUT2D eigenvalue weighted by Gasteiger charge is 2.23. The maximum Gasteiger partial charge on any atom is 0.337 e. The number of rotatable bonds is 6. The minimum Gasteiger partial charge on any atom is -0.465 e. The molecule has 0 aromatic heterocycles. The van der Waals surface area contributed by atoms with E-state index in [1.807, 2.05) is 18.2 Å². The number of nitrogens with one attached hydrogen (secondary N) is 1. The van der Waals surface area contributed by atoms with Gasteiger partial charge in [0.1, 0.15) is 6.54 Å². The largest absolute Gasteiger partial charge is 0.465 e. The van der Waals surface area contributed by atoms with Crippen molar-refractivity contribution in [3.05, 3.63) is 71.2 Å². The molecule has 0 aliphatic rings. The van der Waals surface area contributed by atoms with Crippen molar-refractivity contribution in [3.63, 3.8) is 0 Å². The molecule has 0 aliphatic heterocycles. The first-order chi connectivity index (χ1) is 14.2. The van der Waals surface area contributed by atoms with Gasteiger partial charge in [-0.2, -0.15) is 0 Å². The lowest BCUT2D eigenvalue weighted by Gasteiger charge is -2.23. The monoisotopic (exact) mass is 446 g/mol. The van der Waals surface area contributed by atoms with Gasteiger partial charge in [-0.1, -0.05) is 48.0 Å². The number of esters is 1. The molecule has 0 radical (unpaired) electrons. The van der Waals surface area contributed by atoms with Gasteiger partial charge in [-0.25, -0.2) is 13.2 Å². The van der Waals surface area contributed by atoms with Crippen LogP contribution in [0.5, 0.6) is 0 Å². The first-order valence-corrected chi connectivity index (χ1v) is 11.1. The third-order valence-corrected chi connectivity index (χ3v) is 5.84. The van der Waals surface area contributed by atoms with Gasteiger partial charge in [0.2, 0.25) is 15.9 Å². The number of carbonyl (C=O) groups excluding carboxylic acids is 2. The highest BCUT2D eigenvalue weighted by molar-refractivity contribution is 7.92. The van der Waals surface area contributed by atoms with E-state index in [1.165, 1.54) is 25.3 Å². The van der Waals surface area contributed by atoms with Crippen LogP contribution < -0.4 is 9.62 Å². The number of sulfonamides is 1. The summed E-state index contributed by atoms with van der Waals surface area (Å²) in [6.45, 7) is -0.467. The fourth-order valence-electron chi connectivity index (χ4n) is 2.99. The molecule has 0 unspecified atom stereocenters. The third-order valence-electron chi connectivity index (χ3n) is 4.38. The summed E-state index contributed by atoms with van der Waals surface area (Å²) in [4.78, 5) is 24.4. The van der Waals surface area contributed by atoms with Crippen molar-refractivity contribution < 1.29 is 22.7 Å². The van der Waals surface area contributed by atoms with Gasteiger partial charge < -0.3 is 10.1 Å². The Morgan fingerprint density at radius 2 is 1.77 bits per heavy atom. The van der Waals surface area contributed by atoms with E-state index in [4.69, 9.17) is 11.6 Å². The van der Waals surface area contributed by atoms with E-state index in [0.29, 0.717) is 11.1 Å². The van der Waals surface area contributed by atoms with Crippen LogP contribution in [-0.4, -0.2) is 40.2 Å². The molecule has 0 aliphatic carbocycles. The number of hydrogen-bond donors (Lipinski definition) is 1. The Bertz CT molecular complexity index is 1220. The van der Waals surface area contributed by atoms with Crippen molar-refractivity contribution >= 4 is 55.6 Å². The lowest BCUT2D eigenvalue weighted by atomic mass is 10.1. The molecule has 0 atom stereocenters. The molecule has 3 aromatic carbocycles. The van der Waals surface area contributed by atoms with Gasteiger partial charge in [-0.15, -0.1) is 0 Å². The minimum absolute atomic E-state index is 0.177. The maximum absolute atomic E-state index is 12.7. The van der Waals surface area contributed by atoms with Gasteiger partial charge in [-0.3, -0.25) is 9.10 Å². The Kier molecular flexibility index (Phi) is 6.28. The summed E-state index contributed by atoms with van der Waals surface area (Å²) >= 11 is 6.11. The Balaban J connectivity index is 1.92. The van der Waals surface area contributed by atoms with Crippen molar-refractivity contribution in [2.75, 3.05) is 29.5 Å². The number of hydrogen-bond acceptors (Lipinski definition) is 5. The van der Waals surface area contributed by atoms with Gasteiger partial charge in [-0.05, 0) is 29.7 Å². The van der Waals surface area contributed by atoms with Crippen LogP contribution in [-0.2, 0) is 19.6 Å².